The number of rotatable bonds is 18. The van der Waals surface area contributed by atoms with E-state index in [-0.39, 0.29) is 6.61 Å². The Kier molecular flexibility index (Phi) is 17.5. The minimum atomic E-state index is -1.98. The molecule has 0 saturated carbocycles. The molecular weight excluding hydrogens is 672 g/mol. The lowest BCUT2D eigenvalue weighted by molar-refractivity contribution is -0.356. The standard InChI is InChI=1S/C32H48O18/c1-8-9-10-11-12-13-14-41-31-28(46-20(6)37)26(45-19(5)36)25(27(50-31)30(39)40)49-32-29(47-21(7)38)24(44-18(4)35)23(43-17(3)34)22(48-32)15-42-16(2)33/h22-29,31-32H,8-15H2,1-7H3,(H,39,40)/t22-,23-,24+,25+,26+,27+,28-,29+,31+,32-/m1/s1. The van der Waals surface area contributed by atoms with Crippen molar-refractivity contribution in [2.75, 3.05) is 13.2 Å². The van der Waals surface area contributed by atoms with Crippen molar-refractivity contribution in [2.24, 2.45) is 0 Å². The predicted octanol–water partition coefficient (Wildman–Crippen LogP) is 1.50. The van der Waals surface area contributed by atoms with Crippen LogP contribution in [-0.4, -0.2) is 122 Å². The summed E-state index contributed by atoms with van der Waals surface area (Å²) < 4.78 is 55.7. The molecule has 2 heterocycles. The Morgan fingerprint density at radius 3 is 1.50 bits per heavy atom. The molecule has 0 spiro atoms. The van der Waals surface area contributed by atoms with Gasteiger partial charge in [-0.15, -0.1) is 0 Å². The van der Waals surface area contributed by atoms with Crippen LogP contribution < -0.4 is 0 Å². The fourth-order valence-corrected chi connectivity index (χ4v) is 5.47. The number of carboxylic acids is 1. The van der Waals surface area contributed by atoms with Crippen LogP contribution in [0.5, 0.6) is 0 Å². The second-order valence-corrected chi connectivity index (χ2v) is 11.7. The molecule has 2 aliphatic rings. The minimum Gasteiger partial charge on any atom is -0.479 e. The number of carbonyl (C=O) groups is 7. The molecule has 2 rings (SSSR count). The first-order valence-electron chi connectivity index (χ1n) is 16.4. The van der Waals surface area contributed by atoms with E-state index in [4.69, 9.17) is 47.4 Å². The maximum absolute atomic E-state index is 12.7. The molecule has 10 atom stereocenters. The highest BCUT2D eigenvalue weighted by Crippen LogP contribution is 2.35. The van der Waals surface area contributed by atoms with Crippen molar-refractivity contribution in [3.63, 3.8) is 0 Å². The van der Waals surface area contributed by atoms with Gasteiger partial charge in [-0.1, -0.05) is 39.0 Å². The number of carboxylic acid groups (broad SMARTS) is 1. The Hall–Kier alpha value is -3.87. The smallest absolute Gasteiger partial charge is 0.335 e. The molecule has 1 N–H and O–H groups in total. The van der Waals surface area contributed by atoms with Crippen molar-refractivity contribution in [3.05, 3.63) is 0 Å². The van der Waals surface area contributed by atoms with Gasteiger partial charge in [0.05, 0.1) is 0 Å². The lowest BCUT2D eigenvalue weighted by Gasteiger charge is -2.48. The number of esters is 6. The summed E-state index contributed by atoms with van der Waals surface area (Å²) in [7, 11) is 0. The number of unbranched alkanes of at least 4 members (excludes halogenated alkanes) is 5. The Bertz CT molecular complexity index is 1190. The highest BCUT2D eigenvalue weighted by Gasteiger charge is 2.58. The predicted molar refractivity (Wildman–Crippen MR) is 164 cm³/mol. The average molecular weight is 721 g/mol. The van der Waals surface area contributed by atoms with E-state index in [0.717, 1.165) is 73.6 Å². The van der Waals surface area contributed by atoms with Gasteiger partial charge in [0, 0.05) is 48.1 Å². The van der Waals surface area contributed by atoms with Crippen LogP contribution >= 0.6 is 0 Å². The first-order chi connectivity index (χ1) is 23.5. The number of hydrogen-bond acceptors (Lipinski definition) is 17. The summed E-state index contributed by atoms with van der Waals surface area (Å²) in [5.41, 5.74) is 0. The summed E-state index contributed by atoms with van der Waals surface area (Å²) in [6.45, 7) is 7.80. The van der Waals surface area contributed by atoms with Gasteiger partial charge in [0.1, 0.15) is 18.8 Å². The molecule has 0 aromatic heterocycles. The molecular formula is C32H48O18. The Balaban J connectivity index is 2.58. The number of carbonyl (C=O) groups excluding carboxylic acids is 6. The van der Waals surface area contributed by atoms with Crippen LogP contribution in [0.25, 0.3) is 0 Å². The monoisotopic (exact) mass is 720 g/mol. The van der Waals surface area contributed by atoms with E-state index in [9.17, 15) is 38.7 Å². The summed E-state index contributed by atoms with van der Waals surface area (Å²) in [6.07, 6.45) is -11.5. The third-order valence-corrected chi connectivity index (χ3v) is 7.36. The number of ether oxygens (including phenoxy) is 10. The average Bonchev–Trinajstić information content (AvgIpc) is 2.99. The van der Waals surface area contributed by atoms with Crippen LogP contribution in [-0.2, 0) is 80.9 Å². The van der Waals surface area contributed by atoms with Crippen LogP contribution in [0.3, 0.4) is 0 Å². The van der Waals surface area contributed by atoms with Gasteiger partial charge in [-0.25, -0.2) is 4.79 Å². The van der Waals surface area contributed by atoms with E-state index >= 15 is 0 Å². The first kappa shape index (κ1) is 42.3. The molecule has 0 aromatic carbocycles. The van der Waals surface area contributed by atoms with Crippen LogP contribution in [0.4, 0.5) is 0 Å². The van der Waals surface area contributed by atoms with Crippen molar-refractivity contribution in [1.29, 1.82) is 0 Å². The molecule has 0 amide bonds. The van der Waals surface area contributed by atoms with E-state index in [0.29, 0.717) is 6.42 Å². The maximum atomic E-state index is 12.7. The zero-order valence-electron chi connectivity index (χ0n) is 29.3. The first-order valence-corrected chi connectivity index (χ1v) is 16.4. The van der Waals surface area contributed by atoms with E-state index < -0.39 is 110 Å². The third-order valence-electron chi connectivity index (χ3n) is 7.36. The van der Waals surface area contributed by atoms with Crippen LogP contribution in [0.1, 0.15) is 87.0 Å². The minimum absolute atomic E-state index is 0.0822. The number of aliphatic carboxylic acids is 1. The van der Waals surface area contributed by atoms with Gasteiger partial charge >= 0.3 is 41.8 Å². The molecule has 18 nitrogen and oxygen atoms in total. The molecule has 2 aliphatic heterocycles. The lowest BCUT2D eigenvalue weighted by atomic mass is 9.95. The summed E-state index contributed by atoms with van der Waals surface area (Å²) in [4.78, 5) is 85.6. The Morgan fingerprint density at radius 2 is 1.00 bits per heavy atom. The molecule has 0 aliphatic carbocycles. The van der Waals surface area contributed by atoms with E-state index in [2.05, 4.69) is 6.92 Å². The van der Waals surface area contributed by atoms with E-state index in [1.54, 1.807) is 0 Å². The molecule has 0 radical (unpaired) electrons. The van der Waals surface area contributed by atoms with Crippen LogP contribution in [0.2, 0.25) is 0 Å². The van der Waals surface area contributed by atoms with Crippen molar-refractivity contribution >= 4 is 41.8 Å². The highest BCUT2D eigenvalue weighted by atomic mass is 16.8. The zero-order chi connectivity index (χ0) is 37.5. The van der Waals surface area contributed by atoms with Crippen molar-refractivity contribution in [1.82, 2.24) is 0 Å². The fraction of sp³-hybridized carbons (Fsp3) is 0.781. The summed E-state index contributed by atoms with van der Waals surface area (Å²) >= 11 is 0. The normalized spacial score (nSPS) is 29.2. The van der Waals surface area contributed by atoms with Gasteiger partial charge < -0.3 is 52.5 Å². The van der Waals surface area contributed by atoms with Crippen molar-refractivity contribution < 1.29 is 86.0 Å². The molecule has 18 heteroatoms. The largest absolute Gasteiger partial charge is 0.479 e. The van der Waals surface area contributed by atoms with Crippen molar-refractivity contribution in [2.45, 2.75) is 148 Å². The van der Waals surface area contributed by atoms with Gasteiger partial charge in [0.2, 0.25) is 0 Å². The van der Waals surface area contributed by atoms with Crippen LogP contribution in [0.15, 0.2) is 0 Å². The van der Waals surface area contributed by atoms with Gasteiger partial charge in [0.25, 0.3) is 0 Å². The summed E-state index contributed by atoms with van der Waals surface area (Å²) in [5, 5.41) is 10.3. The van der Waals surface area contributed by atoms with Gasteiger partial charge in [-0.3, -0.25) is 28.8 Å². The van der Waals surface area contributed by atoms with E-state index in [1.165, 1.54) is 0 Å². The second-order valence-electron chi connectivity index (χ2n) is 11.7. The zero-order valence-corrected chi connectivity index (χ0v) is 29.3. The van der Waals surface area contributed by atoms with E-state index in [1.807, 2.05) is 0 Å². The quantitative estimate of drug-likeness (QED) is 0.120. The Labute approximate surface area is 289 Å². The molecule has 0 bridgehead atoms. The molecule has 2 fully saturated rings. The van der Waals surface area contributed by atoms with Gasteiger partial charge in [0.15, 0.2) is 49.2 Å². The molecule has 50 heavy (non-hydrogen) atoms. The number of hydrogen-bond donors (Lipinski definition) is 1. The maximum Gasteiger partial charge on any atom is 0.335 e. The van der Waals surface area contributed by atoms with Gasteiger partial charge in [-0.2, -0.15) is 0 Å². The molecule has 2 saturated heterocycles. The fourth-order valence-electron chi connectivity index (χ4n) is 5.47. The SMILES string of the molecule is CCCCCCCCO[C@H]1O[C@H](C(=O)O)[C@@H](O[C@H]2O[C@H](COC(C)=O)[C@@H](OC(C)=O)[C@H](OC(C)=O)[C@@H]2OC(C)=O)[C@H](OC(C)=O)[C@H]1OC(C)=O. The molecule has 284 valence electrons. The summed E-state index contributed by atoms with van der Waals surface area (Å²) in [6, 6.07) is 0. The third kappa shape index (κ3) is 13.4. The molecule has 0 aromatic rings. The van der Waals surface area contributed by atoms with Gasteiger partial charge in [-0.05, 0) is 6.42 Å². The second kappa shape index (κ2) is 20.7. The lowest BCUT2D eigenvalue weighted by Crippen LogP contribution is -2.67. The van der Waals surface area contributed by atoms with Crippen molar-refractivity contribution in [3.8, 4) is 0 Å². The summed E-state index contributed by atoms with van der Waals surface area (Å²) in [5.74, 6) is -6.91. The highest BCUT2D eigenvalue weighted by molar-refractivity contribution is 5.74. The topological polar surface area (TPSA) is 232 Å². The Morgan fingerprint density at radius 1 is 0.540 bits per heavy atom. The van der Waals surface area contributed by atoms with Crippen LogP contribution in [0, 0.1) is 0 Å². The molecule has 0 unspecified atom stereocenters.